The van der Waals surface area contributed by atoms with E-state index in [1.807, 2.05) is 12.1 Å². The number of carbonyl (C=O) groups is 2. The lowest BCUT2D eigenvalue weighted by Gasteiger charge is -2.10. The van der Waals surface area contributed by atoms with Gasteiger partial charge in [-0.2, -0.15) is 0 Å². The molecule has 0 spiro atoms. The van der Waals surface area contributed by atoms with E-state index in [-0.39, 0.29) is 5.75 Å². The number of benzene rings is 3. The Morgan fingerprint density at radius 1 is 0.967 bits per heavy atom. The van der Waals surface area contributed by atoms with E-state index >= 15 is 0 Å². The van der Waals surface area contributed by atoms with Crippen molar-refractivity contribution in [2.45, 2.75) is 20.4 Å². The number of aryl methyl sites for hydroxylation is 2. The Labute approximate surface area is 173 Å². The summed E-state index contributed by atoms with van der Waals surface area (Å²) in [5.41, 5.74) is 11.1. The molecule has 0 fully saturated rings. The molecular formula is C24H22N2O4. The minimum absolute atomic E-state index is 0.282. The number of carbonyl (C=O) groups excluding carboxylic acids is 2. The second-order valence-electron chi connectivity index (χ2n) is 7.43. The summed E-state index contributed by atoms with van der Waals surface area (Å²) in [4.78, 5) is 24.0. The van der Waals surface area contributed by atoms with E-state index < -0.39 is 18.5 Å². The van der Waals surface area contributed by atoms with E-state index in [1.54, 1.807) is 24.3 Å². The standard InChI is InChI=1S/C24H22N2O4/c1-14-9-15(2)11-16(10-14)12-26-18-6-3-5-17(24(25)29)22(18)23-19(26)7-4-8-20(23)30-21(28)13-27/h3-11,27H,12-13H2,1-2H3,(H2,25,29). The third kappa shape index (κ3) is 3.42. The van der Waals surface area contributed by atoms with Crippen LogP contribution in [0.4, 0.5) is 0 Å². The Hall–Kier alpha value is -3.64. The smallest absolute Gasteiger partial charge is 0.337 e. The van der Waals surface area contributed by atoms with Crippen LogP contribution in [-0.4, -0.2) is 28.2 Å². The number of aliphatic hydroxyl groups is 1. The maximum atomic E-state index is 12.2. The fourth-order valence-electron chi connectivity index (χ4n) is 4.11. The first-order valence-corrected chi connectivity index (χ1v) is 9.61. The molecule has 4 aromatic rings. The summed E-state index contributed by atoms with van der Waals surface area (Å²) in [6, 6.07) is 17.1. The fourth-order valence-corrected chi connectivity index (χ4v) is 4.11. The summed E-state index contributed by atoms with van der Waals surface area (Å²) in [6.45, 7) is 3.95. The summed E-state index contributed by atoms with van der Waals surface area (Å²) in [6.07, 6.45) is 0. The molecule has 6 nitrogen and oxygen atoms in total. The van der Waals surface area contributed by atoms with Gasteiger partial charge < -0.3 is 20.1 Å². The van der Waals surface area contributed by atoms with Crippen LogP contribution in [0.5, 0.6) is 5.75 Å². The number of amides is 1. The molecule has 1 amide bonds. The maximum absolute atomic E-state index is 12.2. The highest BCUT2D eigenvalue weighted by Gasteiger charge is 2.20. The van der Waals surface area contributed by atoms with Gasteiger partial charge in [0, 0.05) is 17.5 Å². The normalized spacial score (nSPS) is 11.2. The third-order valence-corrected chi connectivity index (χ3v) is 5.12. The average molecular weight is 402 g/mol. The van der Waals surface area contributed by atoms with Crippen LogP contribution in [-0.2, 0) is 11.3 Å². The van der Waals surface area contributed by atoms with E-state index in [2.05, 4.69) is 36.6 Å². The lowest BCUT2D eigenvalue weighted by atomic mass is 10.1. The Balaban J connectivity index is 2.04. The maximum Gasteiger partial charge on any atom is 0.337 e. The van der Waals surface area contributed by atoms with Gasteiger partial charge >= 0.3 is 5.97 Å². The number of aromatic nitrogens is 1. The van der Waals surface area contributed by atoms with Crippen LogP contribution in [0.1, 0.15) is 27.0 Å². The molecule has 0 unspecified atom stereocenters. The molecule has 4 rings (SSSR count). The van der Waals surface area contributed by atoms with Crippen molar-refractivity contribution in [1.82, 2.24) is 4.57 Å². The van der Waals surface area contributed by atoms with E-state index in [4.69, 9.17) is 15.6 Å². The van der Waals surface area contributed by atoms with E-state index in [0.717, 1.165) is 16.6 Å². The highest BCUT2D eigenvalue weighted by molar-refractivity contribution is 6.20. The number of hydrogen-bond donors (Lipinski definition) is 2. The number of aliphatic hydroxyl groups excluding tert-OH is 1. The first kappa shape index (κ1) is 19.7. The Morgan fingerprint density at radius 2 is 1.60 bits per heavy atom. The molecule has 3 N–H and O–H groups in total. The quantitative estimate of drug-likeness (QED) is 0.395. The highest BCUT2D eigenvalue weighted by atomic mass is 16.5. The first-order chi connectivity index (χ1) is 14.4. The van der Waals surface area contributed by atoms with Gasteiger partial charge in [0.05, 0.1) is 16.4 Å². The highest BCUT2D eigenvalue weighted by Crippen LogP contribution is 2.38. The molecule has 0 aliphatic carbocycles. The van der Waals surface area contributed by atoms with E-state index in [1.165, 1.54) is 11.1 Å². The zero-order chi connectivity index (χ0) is 21.4. The fraction of sp³-hybridized carbons (Fsp3) is 0.167. The van der Waals surface area contributed by atoms with Crippen LogP contribution < -0.4 is 10.5 Å². The van der Waals surface area contributed by atoms with Crippen LogP contribution >= 0.6 is 0 Å². The van der Waals surface area contributed by atoms with Gasteiger partial charge in [-0.15, -0.1) is 0 Å². The molecular weight excluding hydrogens is 380 g/mol. The average Bonchev–Trinajstić information content (AvgIpc) is 3.02. The van der Waals surface area contributed by atoms with Crippen molar-refractivity contribution in [1.29, 1.82) is 0 Å². The van der Waals surface area contributed by atoms with Crippen molar-refractivity contribution >= 4 is 33.7 Å². The van der Waals surface area contributed by atoms with E-state index in [0.29, 0.717) is 22.9 Å². The van der Waals surface area contributed by atoms with Gasteiger partial charge in [-0.3, -0.25) is 4.79 Å². The summed E-state index contributed by atoms with van der Waals surface area (Å²) in [7, 11) is 0. The van der Waals surface area contributed by atoms with Gasteiger partial charge in [0.25, 0.3) is 0 Å². The Bertz CT molecular complexity index is 1280. The van der Waals surface area contributed by atoms with Crippen molar-refractivity contribution in [3.8, 4) is 5.75 Å². The molecule has 1 heterocycles. The van der Waals surface area contributed by atoms with Gasteiger partial charge in [-0.05, 0) is 43.7 Å². The van der Waals surface area contributed by atoms with Crippen LogP contribution in [0, 0.1) is 13.8 Å². The molecule has 30 heavy (non-hydrogen) atoms. The predicted molar refractivity (Wildman–Crippen MR) is 116 cm³/mol. The minimum Gasteiger partial charge on any atom is -0.424 e. The van der Waals surface area contributed by atoms with Crippen LogP contribution in [0.15, 0.2) is 54.6 Å². The number of esters is 1. The monoisotopic (exact) mass is 402 g/mol. The van der Waals surface area contributed by atoms with Crippen molar-refractivity contribution in [2.24, 2.45) is 5.73 Å². The molecule has 0 atom stereocenters. The van der Waals surface area contributed by atoms with E-state index in [9.17, 15) is 9.59 Å². The number of primary amides is 1. The van der Waals surface area contributed by atoms with Crippen LogP contribution in [0.25, 0.3) is 21.8 Å². The zero-order valence-electron chi connectivity index (χ0n) is 16.8. The van der Waals surface area contributed by atoms with Crippen LogP contribution in [0.3, 0.4) is 0 Å². The van der Waals surface area contributed by atoms with Gasteiger partial charge in [0.15, 0.2) is 0 Å². The molecule has 0 bridgehead atoms. The molecule has 0 saturated carbocycles. The number of nitrogens with zero attached hydrogens (tertiary/aromatic N) is 1. The van der Waals surface area contributed by atoms with Crippen LogP contribution in [0.2, 0.25) is 0 Å². The lowest BCUT2D eigenvalue weighted by molar-refractivity contribution is -0.137. The second kappa shape index (κ2) is 7.65. The molecule has 0 aliphatic rings. The number of hydrogen-bond acceptors (Lipinski definition) is 4. The number of rotatable bonds is 5. The van der Waals surface area contributed by atoms with Gasteiger partial charge in [-0.25, -0.2) is 4.79 Å². The molecule has 0 saturated heterocycles. The zero-order valence-corrected chi connectivity index (χ0v) is 16.8. The number of fused-ring (bicyclic) bond motifs is 3. The largest absolute Gasteiger partial charge is 0.424 e. The Morgan fingerprint density at radius 3 is 2.23 bits per heavy atom. The van der Waals surface area contributed by atoms with Crippen molar-refractivity contribution < 1.29 is 19.4 Å². The van der Waals surface area contributed by atoms with Crippen molar-refractivity contribution in [3.63, 3.8) is 0 Å². The minimum atomic E-state index is -0.769. The molecule has 6 heteroatoms. The summed E-state index contributed by atoms with van der Waals surface area (Å²) in [5.74, 6) is -1.05. The lowest BCUT2D eigenvalue weighted by Crippen LogP contribution is -2.13. The second-order valence-corrected chi connectivity index (χ2v) is 7.43. The molecule has 0 aliphatic heterocycles. The summed E-state index contributed by atoms with van der Waals surface area (Å²) >= 11 is 0. The SMILES string of the molecule is Cc1cc(C)cc(Cn2c3cccc(OC(=O)CO)c3c3c(C(N)=O)cccc32)c1. The molecule has 3 aromatic carbocycles. The number of nitrogens with two attached hydrogens (primary N) is 1. The Kier molecular flexibility index (Phi) is 5.01. The first-order valence-electron chi connectivity index (χ1n) is 9.61. The molecule has 1 aromatic heterocycles. The van der Waals surface area contributed by atoms with Crippen molar-refractivity contribution in [2.75, 3.05) is 6.61 Å². The van der Waals surface area contributed by atoms with Gasteiger partial charge in [0.1, 0.15) is 12.4 Å². The van der Waals surface area contributed by atoms with Gasteiger partial charge in [0.2, 0.25) is 5.91 Å². The molecule has 0 radical (unpaired) electrons. The van der Waals surface area contributed by atoms with Crippen molar-refractivity contribution in [3.05, 3.63) is 76.9 Å². The predicted octanol–water partition coefficient (Wildman–Crippen LogP) is 3.46. The third-order valence-electron chi connectivity index (χ3n) is 5.12. The van der Waals surface area contributed by atoms with Gasteiger partial charge in [-0.1, -0.05) is 41.5 Å². The summed E-state index contributed by atoms with van der Waals surface area (Å²) in [5, 5.41) is 10.4. The number of ether oxygens (including phenoxy) is 1. The topological polar surface area (TPSA) is 94.6 Å². The summed E-state index contributed by atoms with van der Waals surface area (Å²) < 4.78 is 7.45. The molecule has 152 valence electrons.